The minimum absolute atomic E-state index is 0.272. The Labute approximate surface area is 102 Å². The molecule has 0 heterocycles. The van der Waals surface area contributed by atoms with Gasteiger partial charge < -0.3 is 0 Å². The Morgan fingerprint density at radius 1 is 1.19 bits per heavy atom. The Balaban J connectivity index is 3.40. The van der Waals surface area contributed by atoms with E-state index in [0.29, 0.717) is 5.75 Å². The van der Waals surface area contributed by atoms with Crippen molar-refractivity contribution in [3.05, 3.63) is 18.2 Å². The zero-order chi connectivity index (χ0) is 12.6. The molecule has 16 heavy (non-hydrogen) atoms. The SMILES string of the molecule is COc1c[c]([Sn]([CH3])([CH3])[CH3])ccc1S(C)(=O)=O. The summed E-state index contributed by atoms with van der Waals surface area (Å²) in [5.74, 6) is 0.464. The first-order chi connectivity index (χ1) is 7.16. The summed E-state index contributed by atoms with van der Waals surface area (Å²) in [5.41, 5.74) is 0. The number of benzene rings is 1. The standard InChI is InChI=1S/C8H9O3S.3CH3.Sn/c1-11-7-5-3-4-6-8(7)12(2,9)10;;;;/h4-6H,1-2H3;3*1H3;. The molecule has 0 N–H and O–H groups in total. The first-order valence-corrected chi connectivity index (χ1v) is 16.9. The molecule has 0 aliphatic heterocycles. The van der Waals surface area contributed by atoms with Gasteiger partial charge in [-0.2, -0.15) is 0 Å². The third kappa shape index (κ3) is 3.13. The van der Waals surface area contributed by atoms with Crippen LogP contribution in [0.5, 0.6) is 5.75 Å². The molecule has 5 heteroatoms. The summed E-state index contributed by atoms with van der Waals surface area (Å²) < 4.78 is 29.4. The maximum absolute atomic E-state index is 11.5. The number of sulfone groups is 1. The molecule has 0 aliphatic rings. The summed E-state index contributed by atoms with van der Waals surface area (Å²) in [6, 6.07) is 5.47. The van der Waals surface area contributed by atoms with E-state index in [1.165, 1.54) is 16.9 Å². The van der Waals surface area contributed by atoms with E-state index in [0.717, 1.165) is 0 Å². The van der Waals surface area contributed by atoms with E-state index in [2.05, 4.69) is 14.8 Å². The van der Waals surface area contributed by atoms with E-state index in [9.17, 15) is 8.42 Å². The number of ether oxygens (including phenoxy) is 1. The van der Waals surface area contributed by atoms with Crippen LogP contribution in [-0.4, -0.2) is 40.2 Å². The van der Waals surface area contributed by atoms with Crippen molar-refractivity contribution in [1.29, 1.82) is 0 Å². The van der Waals surface area contributed by atoms with Crippen LogP contribution in [0.15, 0.2) is 23.1 Å². The van der Waals surface area contributed by atoms with Crippen LogP contribution in [-0.2, 0) is 9.84 Å². The van der Waals surface area contributed by atoms with Crippen LogP contribution in [0.3, 0.4) is 0 Å². The van der Waals surface area contributed by atoms with Gasteiger partial charge in [0.2, 0.25) is 0 Å². The van der Waals surface area contributed by atoms with Crippen LogP contribution in [0.25, 0.3) is 0 Å². The molecule has 0 aromatic heterocycles. The first kappa shape index (κ1) is 13.8. The van der Waals surface area contributed by atoms with Crippen LogP contribution in [0.1, 0.15) is 0 Å². The zero-order valence-electron chi connectivity index (χ0n) is 10.4. The quantitative estimate of drug-likeness (QED) is 0.780. The van der Waals surface area contributed by atoms with Gasteiger partial charge in [0.25, 0.3) is 0 Å². The van der Waals surface area contributed by atoms with Gasteiger partial charge in [0, 0.05) is 0 Å². The average molecular weight is 349 g/mol. The Kier molecular flexibility index (Phi) is 3.95. The molecule has 0 atom stereocenters. The van der Waals surface area contributed by atoms with Crippen molar-refractivity contribution in [1.82, 2.24) is 0 Å². The summed E-state index contributed by atoms with van der Waals surface area (Å²) in [6.07, 6.45) is 1.20. The summed E-state index contributed by atoms with van der Waals surface area (Å²) in [7, 11) is -1.70. The molecule has 0 amide bonds. The Hall–Kier alpha value is -0.231. The third-order valence-corrected chi connectivity index (χ3v) is 9.40. The van der Waals surface area contributed by atoms with Gasteiger partial charge in [-0.3, -0.25) is 0 Å². The van der Waals surface area contributed by atoms with E-state index in [4.69, 9.17) is 4.74 Å². The van der Waals surface area contributed by atoms with Crippen molar-refractivity contribution in [2.45, 2.75) is 19.7 Å². The van der Waals surface area contributed by atoms with Crippen LogP contribution in [0, 0.1) is 0 Å². The Bertz CT molecular complexity index is 486. The van der Waals surface area contributed by atoms with E-state index in [1.807, 2.05) is 12.1 Å². The van der Waals surface area contributed by atoms with Crippen LogP contribution < -0.4 is 8.32 Å². The van der Waals surface area contributed by atoms with E-state index in [1.54, 1.807) is 6.07 Å². The number of hydrogen-bond donors (Lipinski definition) is 0. The monoisotopic (exact) mass is 350 g/mol. The summed E-state index contributed by atoms with van der Waals surface area (Å²) in [5, 5.41) is 0. The van der Waals surface area contributed by atoms with Crippen molar-refractivity contribution >= 4 is 31.8 Å². The molecule has 90 valence electrons. The second kappa shape index (κ2) is 4.56. The van der Waals surface area contributed by atoms with Gasteiger partial charge in [-0.05, 0) is 0 Å². The van der Waals surface area contributed by atoms with Gasteiger partial charge in [0.05, 0.1) is 0 Å². The molecule has 0 saturated carbocycles. The first-order valence-electron chi connectivity index (χ1n) is 5.05. The molecule has 1 rings (SSSR count). The predicted molar refractivity (Wildman–Crippen MR) is 69.1 cm³/mol. The third-order valence-electron chi connectivity index (χ3n) is 2.43. The van der Waals surface area contributed by atoms with Crippen molar-refractivity contribution in [3.63, 3.8) is 0 Å². The van der Waals surface area contributed by atoms with E-state index >= 15 is 0 Å². The molecule has 1 aromatic rings. The molecule has 0 fully saturated rings. The minimum atomic E-state index is -3.21. The van der Waals surface area contributed by atoms with Gasteiger partial charge in [-0.1, -0.05) is 0 Å². The average Bonchev–Trinajstić information content (AvgIpc) is 2.14. The molecule has 0 saturated heterocycles. The van der Waals surface area contributed by atoms with Crippen molar-refractivity contribution < 1.29 is 13.2 Å². The van der Waals surface area contributed by atoms with Gasteiger partial charge in [0.1, 0.15) is 0 Å². The zero-order valence-corrected chi connectivity index (χ0v) is 14.0. The molecule has 0 aliphatic carbocycles. The maximum atomic E-state index is 11.5. The van der Waals surface area contributed by atoms with Crippen molar-refractivity contribution in [3.8, 4) is 5.75 Å². The van der Waals surface area contributed by atoms with E-state index < -0.39 is 28.2 Å². The van der Waals surface area contributed by atoms with Crippen LogP contribution in [0.4, 0.5) is 0 Å². The van der Waals surface area contributed by atoms with Crippen molar-refractivity contribution in [2.75, 3.05) is 13.4 Å². The number of hydrogen-bond acceptors (Lipinski definition) is 3. The Morgan fingerprint density at radius 3 is 2.12 bits per heavy atom. The molecule has 0 unspecified atom stereocenters. The summed E-state index contributed by atoms with van der Waals surface area (Å²) in [6.45, 7) is 0. The topological polar surface area (TPSA) is 43.4 Å². The molecular weight excluding hydrogens is 331 g/mol. The van der Waals surface area contributed by atoms with Crippen molar-refractivity contribution in [2.24, 2.45) is 0 Å². The van der Waals surface area contributed by atoms with Gasteiger partial charge in [0.15, 0.2) is 0 Å². The number of rotatable bonds is 3. The van der Waals surface area contributed by atoms with Gasteiger partial charge in [-0.15, -0.1) is 0 Å². The molecule has 1 aromatic carbocycles. The molecule has 3 nitrogen and oxygen atoms in total. The van der Waals surface area contributed by atoms with E-state index in [-0.39, 0.29) is 4.90 Å². The van der Waals surface area contributed by atoms with Gasteiger partial charge >= 0.3 is 102 Å². The van der Waals surface area contributed by atoms with Gasteiger partial charge in [-0.25, -0.2) is 0 Å². The second-order valence-corrected chi connectivity index (χ2v) is 21.4. The predicted octanol–water partition coefficient (Wildman–Crippen LogP) is 1.64. The molecule has 0 spiro atoms. The fourth-order valence-electron chi connectivity index (χ4n) is 1.44. The summed E-state index contributed by atoms with van der Waals surface area (Å²) >= 11 is -2.16. The second-order valence-electron chi connectivity index (χ2n) is 4.89. The fourth-order valence-corrected chi connectivity index (χ4v) is 5.54. The summed E-state index contributed by atoms with van der Waals surface area (Å²) in [4.78, 5) is 7.12. The number of methoxy groups -OCH3 is 1. The molecular formula is C11H18O3SSn. The molecule has 0 radical (unpaired) electrons. The van der Waals surface area contributed by atoms with Crippen LogP contribution >= 0.6 is 0 Å². The fraction of sp³-hybridized carbons (Fsp3) is 0.455. The van der Waals surface area contributed by atoms with Crippen LogP contribution in [0.2, 0.25) is 14.8 Å². The molecule has 0 bridgehead atoms. The normalized spacial score (nSPS) is 12.6. The Morgan fingerprint density at radius 2 is 1.75 bits per heavy atom.